The summed E-state index contributed by atoms with van der Waals surface area (Å²) in [6.07, 6.45) is 4.21. The van der Waals surface area contributed by atoms with Crippen molar-refractivity contribution in [3.63, 3.8) is 0 Å². The van der Waals surface area contributed by atoms with E-state index in [1.807, 2.05) is 48.5 Å². The van der Waals surface area contributed by atoms with Crippen molar-refractivity contribution >= 4 is 51.6 Å². The molecule has 2 amide bonds. The standard InChI is InChI=1S/C21H18INO3S/c1-3-4-16-11-15(12-19-20(24)23(2)21(25)27-19)7-10-18(16)26-13-14-5-8-17(22)9-6-14/h3,5-12H,1,4,13H2,2H3/b19-12-. The predicted octanol–water partition coefficient (Wildman–Crippen LogP) is 5.26. The predicted molar refractivity (Wildman–Crippen MR) is 118 cm³/mol. The summed E-state index contributed by atoms with van der Waals surface area (Å²) in [7, 11) is 1.49. The fraction of sp³-hybridized carbons (Fsp3) is 0.143. The van der Waals surface area contributed by atoms with E-state index in [1.165, 1.54) is 10.6 Å². The van der Waals surface area contributed by atoms with Crippen LogP contribution in [-0.2, 0) is 17.8 Å². The van der Waals surface area contributed by atoms with Crippen LogP contribution in [0.4, 0.5) is 4.79 Å². The van der Waals surface area contributed by atoms with Gasteiger partial charge in [0.25, 0.3) is 11.1 Å². The lowest BCUT2D eigenvalue weighted by Crippen LogP contribution is -2.22. The molecule has 138 valence electrons. The number of rotatable bonds is 6. The molecule has 1 fully saturated rings. The van der Waals surface area contributed by atoms with E-state index in [-0.39, 0.29) is 11.1 Å². The lowest BCUT2D eigenvalue weighted by Gasteiger charge is -2.12. The number of amides is 2. The van der Waals surface area contributed by atoms with Crippen molar-refractivity contribution in [3.05, 3.63) is 80.3 Å². The number of likely N-dealkylation sites (N-methyl/N-ethyl adjacent to an activating group) is 1. The van der Waals surface area contributed by atoms with Crippen LogP contribution in [-0.4, -0.2) is 23.1 Å². The molecule has 0 aromatic heterocycles. The van der Waals surface area contributed by atoms with Crippen LogP contribution < -0.4 is 4.74 Å². The summed E-state index contributed by atoms with van der Waals surface area (Å²) in [5, 5.41) is -0.255. The molecule has 2 aromatic carbocycles. The van der Waals surface area contributed by atoms with Gasteiger partial charge in [-0.3, -0.25) is 14.5 Å². The Kier molecular flexibility index (Phi) is 6.38. The molecule has 0 atom stereocenters. The highest BCUT2D eigenvalue weighted by atomic mass is 127. The molecule has 27 heavy (non-hydrogen) atoms. The number of benzene rings is 2. The number of hydrogen-bond acceptors (Lipinski definition) is 4. The summed E-state index contributed by atoms with van der Waals surface area (Å²) in [4.78, 5) is 25.3. The quantitative estimate of drug-likeness (QED) is 0.314. The third-order valence-corrected chi connectivity index (χ3v) is 5.72. The summed E-state index contributed by atoms with van der Waals surface area (Å²) in [6, 6.07) is 13.9. The highest BCUT2D eigenvalue weighted by molar-refractivity contribution is 14.1. The number of nitrogens with zero attached hydrogens (tertiary/aromatic N) is 1. The highest BCUT2D eigenvalue weighted by Gasteiger charge is 2.31. The smallest absolute Gasteiger partial charge is 0.293 e. The lowest BCUT2D eigenvalue weighted by molar-refractivity contribution is -0.121. The average molecular weight is 491 g/mol. The largest absolute Gasteiger partial charge is 0.489 e. The van der Waals surface area contributed by atoms with E-state index < -0.39 is 0 Å². The minimum Gasteiger partial charge on any atom is -0.489 e. The second kappa shape index (κ2) is 8.75. The van der Waals surface area contributed by atoms with Crippen molar-refractivity contribution in [2.45, 2.75) is 13.0 Å². The summed E-state index contributed by atoms with van der Waals surface area (Å²) < 4.78 is 7.18. The zero-order chi connectivity index (χ0) is 19.4. The van der Waals surface area contributed by atoms with Gasteiger partial charge in [0.15, 0.2) is 0 Å². The van der Waals surface area contributed by atoms with Gasteiger partial charge in [-0.05, 0) is 87.8 Å². The molecule has 0 aliphatic carbocycles. The summed E-state index contributed by atoms with van der Waals surface area (Å²) >= 11 is 3.23. The van der Waals surface area contributed by atoms with Crippen molar-refractivity contribution in [1.82, 2.24) is 4.90 Å². The van der Waals surface area contributed by atoms with Crippen LogP contribution in [0.3, 0.4) is 0 Å². The Balaban J connectivity index is 1.80. The van der Waals surface area contributed by atoms with Crippen molar-refractivity contribution in [3.8, 4) is 5.75 Å². The molecule has 0 radical (unpaired) electrons. The first-order valence-electron chi connectivity index (χ1n) is 8.30. The topological polar surface area (TPSA) is 46.6 Å². The van der Waals surface area contributed by atoms with Crippen LogP contribution in [0.15, 0.2) is 60.0 Å². The number of carbonyl (C=O) groups is 2. The van der Waals surface area contributed by atoms with Gasteiger partial charge in [-0.1, -0.05) is 24.3 Å². The molecule has 0 spiro atoms. The van der Waals surface area contributed by atoms with Crippen LogP contribution in [0.2, 0.25) is 0 Å². The monoisotopic (exact) mass is 491 g/mol. The molecule has 0 saturated carbocycles. The maximum Gasteiger partial charge on any atom is 0.293 e. The van der Waals surface area contributed by atoms with Crippen molar-refractivity contribution in [2.75, 3.05) is 7.05 Å². The first-order chi connectivity index (χ1) is 13.0. The van der Waals surface area contributed by atoms with Crippen LogP contribution >= 0.6 is 34.4 Å². The van der Waals surface area contributed by atoms with Crippen LogP contribution in [0.1, 0.15) is 16.7 Å². The van der Waals surface area contributed by atoms with Crippen molar-refractivity contribution in [2.24, 2.45) is 0 Å². The highest BCUT2D eigenvalue weighted by Crippen LogP contribution is 2.32. The van der Waals surface area contributed by atoms with Crippen molar-refractivity contribution < 1.29 is 14.3 Å². The summed E-state index contributed by atoms with van der Waals surface area (Å²) in [5.74, 6) is 0.517. The molecular weight excluding hydrogens is 473 g/mol. The third kappa shape index (κ3) is 4.81. The number of halogens is 1. The fourth-order valence-corrected chi connectivity index (χ4v) is 3.77. The van der Waals surface area contributed by atoms with E-state index in [0.717, 1.165) is 39.1 Å². The lowest BCUT2D eigenvalue weighted by atomic mass is 10.1. The maximum atomic E-state index is 12.1. The summed E-state index contributed by atoms with van der Waals surface area (Å²) in [5.41, 5.74) is 2.94. The van der Waals surface area contributed by atoms with Gasteiger partial charge in [-0.25, -0.2) is 0 Å². The molecule has 0 N–H and O–H groups in total. The number of carbonyl (C=O) groups excluding carboxylic acids is 2. The Bertz CT molecular complexity index is 922. The number of allylic oxidation sites excluding steroid dienone is 1. The van der Waals surface area contributed by atoms with E-state index in [9.17, 15) is 9.59 Å². The Morgan fingerprint density at radius 3 is 2.56 bits per heavy atom. The Morgan fingerprint density at radius 1 is 1.19 bits per heavy atom. The van der Waals surface area contributed by atoms with E-state index in [1.54, 1.807) is 6.08 Å². The first kappa shape index (κ1) is 19.7. The molecule has 0 unspecified atom stereocenters. The van der Waals surface area contributed by atoms with E-state index in [4.69, 9.17) is 4.74 Å². The molecule has 6 heteroatoms. The van der Waals surface area contributed by atoms with E-state index >= 15 is 0 Å². The Hall–Kier alpha value is -2.06. The molecule has 1 aliphatic rings. The zero-order valence-electron chi connectivity index (χ0n) is 14.8. The third-order valence-electron chi connectivity index (χ3n) is 4.04. The SMILES string of the molecule is C=CCc1cc(/C=C2\SC(=O)N(C)C2=O)ccc1OCc1ccc(I)cc1. The zero-order valence-corrected chi connectivity index (χ0v) is 17.7. The second-order valence-corrected chi connectivity index (χ2v) is 8.25. The number of imide groups is 1. The minimum atomic E-state index is -0.269. The second-order valence-electron chi connectivity index (χ2n) is 6.02. The molecule has 1 heterocycles. The fourth-order valence-electron chi connectivity index (χ4n) is 2.58. The van der Waals surface area contributed by atoms with Crippen LogP contribution in [0.5, 0.6) is 5.75 Å². The van der Waals surface area contributed by atoms with Crippen LogP contribution in [0.25, 0.3) is 6.08 Å². The Labute approximate surface area is 176 Å². The maximum absolute atomic E-state index is 12.1. The normalized spacial score (nSPS) is 15.5. The van der Waals surface area contributed by atoms with Gasteiger partial charge in [0, 0.05) is 10.6 Å². The molecule has 1 saturated heterocycles. The van der Waals surface area contributed by atoms with Gasteiger partial charge in [-0.15, -0.1) is 6.58 Å². The van der Waals surface area contributed by atoms with Gasteiger partial charge < -0.3 is 4.74 Å². The van der Waals surface area contributed by atoms with Gasteiger partial charge >= 0.3 is 0 Å². The van der Waals surface area contributed by atoms with Crippen LogP contribution in [0, 0.1) is 3.57 Å². The summed E-state index contributed by atoms with van der Waals surface area (Å²) in [6.45, 7) is 4.29. The van der Waals surface area contributed by atoms with Gasteiger partial charge in [0.05, 0.1) is 4.91 Å². The van der Waals surface area contributed by atoms with E-state index in [0.29, 0.717) is 17.9 Å². The molecule has 2 aromatic rings. The molecule has 1 aliphatic heterocycles. The molecule has 3 rings (SSSR count). The molecule has 0 bridgehead atoms. The van der Waals surface area contributed by atoms with E-state index in [2.05, 4.69) is 29.2 Å². The molecule has 4 nitrogen and oxygen atoms in total. The molecular formula is C21H18INO3S. The van der Waals surface area contributed by atoms with Gasteiger partial charge in [-0.2, -0.15) is 0 Å². The average Bonchev–Trinajstić information content (AvgIpc) is 2.89. The Morgan fingerprint density at radius 2 is 1.93 bits per heavy atom. The number of ether oxygens (including phenoxy) is 1. The minimum absolute atomic E-state index is 0.255. The first-order valence-corrected chi connectivity index (χ1v) is 10.2. The van der Waals surface area contributed by atoms with Gasteiger partial charge in [0.1, 0.15) is 12.4 Å². The number of thioether (sulfide) groups is 1. The van der Waals surface area contributed by atoms with Gasteiger partial charge in [0.2, 0.25) is 0 Å². The number of hydrogen-bond donors (Lipinski definition) is 0. The van der Waals surface area contributed by atoms with Crippen molar-refractivity contribution in [1.29, 1.82) is 0 Å².